The lowest BCUT2D eigenvalue weighted by atomic mass is 9.81. The fourth-order valence-corrected chi connectivity index (χ4v) is 2.89. The molecule has 3 rings (SSSR count). The first-order valence-corrected chi connectivity index (χ1v) is 6.43. The Hall–Kier alpha value is -1.53. The van der Waals surface area contributed by atoms with Crippen LogP contribution in [-0.2, 0) is 9.47 Å². The molecule has 0 radical (unpaired) electrons. The van der Waals surface area contributed by atoms with Crippen LogP contribution in [0.4, 0.5) is 0 Å². The van der Waals surface area contributed by atoms with Crippen molar-refractivity contribution in [3.8, 4) is 0 Å². The predicted molar refractivity (Wildman–Crippen MR) is 66.6 cm³/mol. The zero-order valence-corrected chi connectivity index (χ0v) is 10.9. The normalized spacial score (nSPS) is 24.5. The van der Waals surface area contributed by atoms with Crippen molar-refractivity contribution in [1.29, 1.82) is 0 Å². The first-order chi connectivity index (χ1) is 9.25. The van der Waals surface area contributed by atoms with Crippen LogP contribution in [0.15, 0.2) is 18.6 Å². The topological polar surface area (TPSA) is 64.6 Å². The lowest BCUT2D eigenvalue weighted by Gasteiger charge is -2.49. The molecule has 0 aliphatic carbocycles. The quantitative estimate of drug-likeness (QED) is 0.787. The van der Waals surface area contributed by atoms with E-state index >= 15 is 0 Å². The second kappa shape index (κ2) is 4.86. The summed E-state index contributed by atoms with van der Waals surface area (Å²) in [7, 11) is 1.70. The highest BCUT2D eigenvalue weighted by atomic mass is 16.5. The monoisotopic (exact) mass is 263 g/mol. The number of hydrogen-bond donors (Lipinski definition) is 0. The molecule has 6 nitrogen and oxygen atoms in total. The Morgan fingerprint density at radius 3 is 3.11 bits per heavy atom. The zero-order chi connectivity index (χ0) is 13.3. The molecule has 0 saturated carbocycles. The summed E-state index contributed by atoms with van der Waals surface area (Å²) >= 11 is 0. The SMILES string of the molecule is COC[C@@H]1CCOC12CN(C(=O)c1cnccn1)C2. The number of carbonyl (C=O) groups is 1. The number of nitrogens with zero attached hydrogens (tertiary/aromatic N) is 3. The molecule has 102 valence electrons. The number of ether oxygens (including phenoxy) is 2. The number of amides is 1. The van der Waals surface area contributed by atoms with Gasteiger partial charge in [-0.15, -0.1) is 0 Å². The molecule has 1 spiro atoms. The van der Waals surface area contributed by atoms with Crippen molar-refractivity contribution >= 4 is 5.91 Å². The van der Waals surface area contributed by atoms with Crippen molar-refractivity contribution in [3.63, 3.8) is 0 Å². The Labute approximate surface area is 111 Å². The van der Waals surface area contributed by atoms with Crippen molar-refractivity contribution in [3.05, 3.63) is 24.3 Å². The van der Waals surface area contributed by atoms with Crippen LogP contribution < -0.4 is 0 Å². The summed E-state index contributed by atoms with van der Waals surface area (Å²) in [4.78, 5) is 21.9. The second-order valence-electron chi connectivity index (χ2n) is 5.11. The van der Waals surface area contributed by atoms with Crippen LogP contribution in [0.2, 0.25) is 0 Å². The summed E-state index contributed by atoms with van der Waals surface area (Å²) < 4.78 is 11.1. The molecule has 1 aromatic rings. The molecule has 1 aromatic heterocycles. The molecule has 0 aromatic carbocycles. The second-order valence-corrected chi connectivity index (χ2v) is 5.11. The molecule has 0 N–H and O–H groups in total. The molecule has 19 heavy (non-hydrogen) atoms. The van der Waals surface area contributed by atoms with Crippen LogP contribution in [-0.4, -0.2) is 59.8 Å². The van der Waals surface area contributed by atoms with Gasteiger partial charge in [0.2, 0.25) is 0 Å². The van der Waals surface area contributed by atoms with E-state index in [4.69, 9.17) is 9.47 Å². The number of methoxy groups -OCH3 is 1. The van der Waals surface area contributed by atoms with Crippen LogP contribution in [0.1, 0.15) is 16.9 Å². The van der Waals surface area contributed by atoms with Gasteiger partial charge in [0.05, 0.1) is 25.9 Å². The van der Waals surface area contributed by atoms with E-state index in [1.807, 2.05) is 0 Å². The molecule has 6 heteroatoms. The van der Waals surface area contributed by atoms with Gasteiger partial charge in [0.1, 0.15) is 11.3 Å². The fraction of sp³-hybridized carbons (Fsp3) is 0.615. The zero-order valence-electron chi connectivity index (χ0n) is 10.9. The molecular weight excluding hydrogens is 246 g/mol. The van der Waals surface area contributed by atoms with Crippen molar-refractivity contribution in [1.82, 2.24) is 14.9 Å². The van der Waals surface area contributed by atoms with Crippen LogP contribution >= 0.6 is 0 Å². The third kappa shape index (κ3) is 2.11. The maximum Gasteiger partial charge on any atom is 0.274 e. The van der Waals surface area contributed by atoms with Crippen LogP contribution in [0.5, 0.6) is 0 Å². The molecule has 3 heterocycles. The van der Waals surface area contributed by atoms with E-state index in [0.717, 1.165) is 13.0 Å². The predicted octanol–water partition coefficient (Wildman–Crippen LogP) is 0.354. The van der Waals surface area contributed by atoms with Crippen molar-refractivity contribution < 1.29 is 14.3 Å². The van der Waals surface area contributed by atoms with Gasteiger partial charge in [-0.05, 0) is 6.42 Å². The highest BCUT2D eigenvalue weighted by Crippen LogP contribution is 2.40. The Balaban J connectivity index is 1.65. The summed E-state index contributed by atoms with van der Waals surface area (Å²) in [6, 6.07) is 0. The van der Waals surface area contributed by atoms with Crippen molar-refractivity contribution in [2.75, 3.05) is 33.4 Å². The molecule has 0 bridgehead atoms. The van der Waals surface area contributed by atoms with Crippen molar-refractivity contribution in [2.45, 2.75) is 12.0 Å². The van der Waals surface area contributed by atoms with E-state index in [0.29, 0.717) is 31.3 Å². The molecule has 2 fully saturated rings. The number of rotatable bonds is 3. The Morgan fingerprint density at radius 2 is 2.42 bits per heavy atom. The maximum atomic E-state index is 12.2. The Bertz CT molecular complexity index is 459. The van der Waals surface area contributed by atoms with Gasteiger partial charge in [-0.1, -0.05) is 0 Å². The number of likely N-dealkylation sites (tertiary alicyclic amines) is 1. The molecule has 1 amide bonds. The Kier molecular flexibility index (Phi) is 3.20. The van der Waals surface area contributed by atoms with E-state index < -0.39 is 0 Å². The summed E-state index contributed by atoms with van der Waals surface area (Å²) in [5, 5.41) is 0. The summed E-state index contributed by atoms with van der Waals surface area (Å²) in [6.45, 7) is 2.68. The fourth-order valence-electron chi connectivity index (χ4n) is 2.89. The van der Waals surface area contributed by atoms with E-state index in [9.17, 15) is 4.79 Å². The highest BCUT2D eigenvalue weighted by Gasteiger charge is 2.54. The summed E-state index contributed by atoms with van der Waals surface area (Å²) in [5.41, 5.74) is 0.187. The van der Waals surface area contributed by atoms with Gasteiger partial charge in [-0.3, -0.25) is 9.78 Å². The summed E-state index contributed by atoms with van der Waals surface area (Å²) in [5.74, 6) is 0.300. The third-order valence-electron chi connectivity index (χ3n) is 3.95. The standard InChI is InChI=1S/C13H17N3O3/c1-18-7-10-2-5-19-13(10)8-16(9-13)12(17)11-6-14-3-4-15-11/h3-4,6,10H,2,5,7-9H2,1H3/t10-/m0/s1. The van der Waals surface area contributed by atoms with Gasteiger partial charge >= 0.3 is 0 Å². The number of carbonyl (C=O) groups excluding carboxylic acids is 1. The average molecular weight is 263 g/mol. The van der Waals surface area contributed by atoms with Gasteiger partial charge in [0, 0.05) is 32.0 Å². The van der Waals surface area contributed by atoms with E-state index in [-0.39, 0.29) is 11.5 Å². The van der Waals surface area contributed by atoms with Gasteiger partial charge < -0.3 is 14.4 Å². The van der Waals surface area contributed by atoms with Crippen molar-refractivity contribution in [2.24, 2.45) is 5.92 Å². The lowest BCUT2D eigenvalue weighted by Crippen LogP contribution is -2.66. The minimum Gasteiger partial charge on any atom is -0.384 e. The molecule has 2 aliphatic heterocycles. The van der Waals surface area contributed by atoms with Gasteiger partial charge in [-0.25, -0.2) is 4.98 Å². The number of hydrogen-bond acceptors (Lipinski definition) is 5. The maximum absolute atomic E-state index is 12.2. The first-order valence-electron chi connectivity index (χ1n) is 6.43. The van der Waals surface area contributed by atoms with Crippen LogP contribution in [0.25, 0.3) is 0 Å². The van der Waals surface area contributed by atoms with Gasteiger partial charge in [0.15, 0.2) is 0 Å². The smallest absolute Gasteiger partial charge is 0.274 e. The lowest BCUT2D eigenvalue weighted by molar-refractivity contribution is -0.126. The van der Waals surface area contributed by atoms with E-state index in [1.54, 1.807) is 18.2 Å². The van der Waals surface area contributed by atoms with E-state index in [1.165, 1.54) is 12.4 Å². The Morgan fingerprint density at radius 1 is 1.58 bits per heavy atom. The average Bonchev–Trinajstić information content (AvgIpc) is 2.81. The van der Waals surface area contributed by atoms with Gasteiger partial charge in [0.25, 0.3) is 5.91 Å². The molecule has 1 atom stereocenters. The summed E-state index contributed by atoms with van der Waals surface area (Å²) in [6.07, 6.45) is 5.59. The largest absolute Gasteiger partial charge is 0.384 e. The molecular formula is C13H17N3O3. The number of aromatic nitrogens is 2. The molecule has 2 aliphatic rings. The minimum atomic E-state index is -0.201. The molecule has 0 unspecified atom stereocenters. The van der Waals surface area contributed by atoms with Crippen LogP contribution in [0.3, 0.4) is 0 Å². The molecule has 2 saturated heterocycles. The first kappa shape index (κ1) is 12.5. The van der Waals surface area contributed by atoms with E-state index in [2.05, 4.69) is 9.97 Å². The third-order valence-corrected chi connectivity index (χ3v) is 3.95. The van der Waals surface area contributed by atoms with Crippen LogP contribution in [0, 0.1) is 5.92 Å². The minimum absolute atomic E-state index is 0.0783. The van der Waals surface area contributed by atoms with Gasteiger partial charge in [-0.2, -0.15) is 0 Å². The highest BCUT2D eigenvalue weighted by molar-refractivity contribution is 5.92.